The van der Waals surface area contributed by atoms with Gasteiger partial charge in [0, 0.05) is 6.04 Å². The maximum atomic E-state index is 5.66. The van der Waals surface area contributed by atoms with Crippen molar-refractivity contribution in [3.05, 3.63) is 41.2 Å². The molecule has 21 heavy (non-hydrogen) atoms. The normalized spacial score (nSPS) is 12.1. The van der Waals surface area contributed by atoms with Crippen molar-refractivity contribution >= 4 is 11.9 Å². The molecule has 1 aromatic carbocycles. The molecule has 3 N–H and O–H groups in total. The minimum atomic E-state index is 0.263. The van der Waals surface area contributed by atoms with Crippen molar-refractivity contribution in [2.24, 2.45) is 0 Å². The highest BCUT2D eigenvalue weighted by molar-refractivity contribution is 5.32. The molecule has 0 spiro atoms. The Morgan fingerprint density at radius 1 is 1.14 bits per heavy atom. The molecule has 5 heteroatoms. The standard InChI is InChI=1S/C16H23N5/c1-4-14(10-9-13-8-6-5-7-11(13)2)20-16-19-12(3)18-15(17)21-16/h5-8,14H,4,9-10H2,1-3H3,(H3,17,18,19,20,21). The third-order valence-corrected chi connectivity index (χ3v) is 3.61. The molecule has 0 fully saturated rings. The van der Waals surface area contributed by atoms with Gasteiger partial charge in [0.15, 0.2) is 0 Å². The zero-order valence-electron chi connectivity index (χ0n) is 12.9. The van der Waals surface area contributed by atoms with Gasteiger partial charge in [0.1, 0.15) is 5.82 Å². The van der Waals surface area contributed by atoms with Gasteiger partial charge in [0.2, 0.25) is 11.9 Å². The Balaban J connectivity index is 1.98. The summed E-state index contributed by atoms with van der Waals surface area (Å²) in [5.74, 6) is 1.47. The van der Waals surface area contributed by atoms with E-state index in [1.807, 2.05) is 6.92 Å². The van der Waals surface area contributed by atoms with Crippen LogP contribution in [0.3, 0.4) is 0 Å². The molecule has 0 saturated heterocycles. The molecule has 1 aromatic heterocycles. The Bertz CT molecular complexity index is 577. The van der Waals surface area contributed by atoms with Crippen molar-refractivity contribution < 1.29 is 0 Å². The molecule has 0 aliphatic rings. The molecule has 5 nitrogen and oxygen atoms in total. The summed E-state index contributed by atoms with van der Waals surface area (Å²) in [4.78, 5) is 12.4. The van der Waals surface area contributed by atoms with Gasteiger partial charge in [-0.15, -0.1) is 0 Å². The SMILES string of the molecule is CCC(CCc1ccccc1C)Nc1nc(C)nc(N)n1. The lowest BCUT2D eigenvalue weighted by Gasteiger charge is -2.17. The van der Waals surface area contributed by atoms with E-state index in [-0.39, 0.29) is 5.95 Å². The summed E-state index contributed by atoms with van der Waals surface area (Å²) >= 11 is 0. The van der Waals surface area contributed by atoms with Crippen molar-refractivity contribution in [2.45, 2.75) is 46.1 Å². The summed E-state index contributed by atoms with van der Waals surface area (Å²) < 4.78 is 0. The molecule has 0 bridgehead atoms. The third-order valence-electron chi connectivity index (χ3n) is 3.61. The fourth-order valence-electron chi connectivity index (χ4n) is 2.35. The van der Waals surface area contributed by atoms with Crippen LogP contribution in [0.5, 0.6) is 0 Å². The Labute approximate surface area is 126 Å². The first-order chi connectivity index (χ1) is 10.1. The van der Waals surface area contributed by atoms with Crippen molar-refractivity contribution in [2.75, 3.05) is 11.1 Å². The van der Waals surface area contributed by atoms with E-state index in [1.165, 1.54) is 11.1 Å². The van der Waals surface area contributed by atoms with Crippen LogP contribution in [-0.4, -0.2) is 21.0 Å². The molecule has 0 amide bonds. The summed E-state index contributed by atoms with van der Waals surface area (Å²) in [6.07, 6.45) is 3.08. The number of benzene rings is 1. The average Bonchev–Trinajstić information content (AvgIpc) is 2.44. The van der Waals surface area contributed by atoms with Crippen LogP contribution in [0.2, 0.25) is 0 Å². The molecule has 1 heterocycles. The maximum Gasteiger partial charge on any atom is 0.227 e. The van der Waals surface area contributed by atoms with Crippen molar-refractivity contribution in [3.8, 4) is 0 Å². The molecule has 1 atom stereocenters. The van der Waals surface area contributed by atoms with Crippen molar-refractivity contribution in [3.63, 3.8) is 0 Å². The highest BCUT2D eigenvalue weighted by Gasteiger charge is 2.10. The molecule has 2 aromatic rings. The zero-order valence-corrected chi connectivity index (χ0v) is 12.9. The Morgan fingerprint density at radius 3 is 2.57 bits per heavy atom. The quantitative estimate of drug-likeness (QED) is 0.853. The van der Waals surface area contributed by atoms with E-state index in [4.69, 9.17) is 5.73 Å². The van der Waals surface area contributed by atoms with Gasteiger partial charge in [-0.05, 0) is 44.2 Å². The van der Waals surface area contributed by atoms with Crippen LogP contribution in [0.1, 0.15) is 36.7 Å². The smallest absolute Gasteiger partial charge is 0.227 e. The molecular formula is C16H23N5. The van der Waals surface area contributed by atoms with E-state index in [0.717, 1.165) is 19.3 Å². The Kier molecular flexibility index (Phi) is 5.09. The van der Waals surface area contributed by atoms with E-state index in [1.54, 1.807) is 0 Å². The van der Waals surface area contributed by atoms with Gasteiger partial charge < -0.3 is 11.1 Å². The van der Waals surface area contributed by atoms with Crippen LogP contribution in [0.25, 0.3) is 0 Å². The number of aryl methyl sites for hydroxylation is 3. The molecule has 0 aliphatic heterocycles. The van der Waals surface area contributed by atoms with Crippen LogP contribution in [-0.2, 0) is 6.42 Å². The Hall–Kier alpha value is -2.17. The van der Waals surface area contributed by atoms with E-state index >= 15 is 0 Å². The van der Waals surface area contributed by atoms with Crippen molar-refractivity contribution in [1.29, 1.82) is 0 Å². The topological polar surface area (TPSA) is 76.7 Å². The fraction of sp³-hybridized carbons (Fsp3) is 0.438. The molecular weight excluding hydrogens is 262 g/mol. The molecule has 0 aliphatic carbocycles. The van der Waals surface area contributed by atoms with Gasteiger partial charge >= 0.3 is 0 Å². The summed E-state index contributed by atoms with van der Waals surface area (Å²) in [6, 6.07) is 8.83. The number of nitrogens with one attached hydrogen (secondary N) is 1. The predicted molar refractivity (Wildman–Crippen MR) is 86.2 cm³/mol. The Morgan fingerprint density at radius 2 is 1.90 bits per heavy atom. The minimum absolute atomic E-state index is 0.263. The van der Waals surface area contributed by atoms with Gasteiger partial charge in [0.05, 0.1) is 0 Å². The lowest BCUT2D eigenvalue weighted by Crippen LogP contribution is -2.22. The number of hydrogen-bond acceptors (Lipinski definition) is 5. The number of anilines is 2. The summed E-state index contributed by atoms with van der Waals surface area (Å²) in [7, 11) is 0. The predicted octanol–water partition coefficient (Wildman–Crippen LogP) is 2.89. The summed E-state index contributed by atoms with van der Waals surface area (Å²) in [6.45, 7) is 6.13. The first-order valence-corrected chi connectivity index (χ1v) is 7.37. The van der Waals surface area contributed by atoms with E-state index < -0.39 is 0 Å². The second-order valence-corrected chi connectivity index (χ2v) is 5.28. The van der Waals surface area contributed by atoms with Crippen LogP contribution in [0, 0.1) is 13.8 Å². The number of nitrogen functional groups attached to an aromatic ring is 1. The lowest BCUT2D eigenvalue weighted by molar-refractivity contribution is 0.626. The average molecular weight is 285 g/mol. The van der Waals surface area contributed by atoms with Crippen LogP contribution in [0.4, 0.5) is 11.9 Å². The molecule has 2 rings (SSSR count). The van der Waals surface area contributed by atoms with E-state index in [2.05, 4.69) is 58.4 Å². The second kappa shape index (κ2) is 7.02. The number of nitrogens with zero attached hydrogens (tertiary/aromatic N) is 3. The molecule has 112 valence electrons. The number of aromatic nitrogens is 3. The lowest BCUT2D eigenvalue weighted by atomic mass is 10.00. The first kappa shape index (κ1) is 15.2. The third kappa shape index (κ3) is 4.41. The molecule has 1 unspecified atom stereocenters. The number of nitrogens with two attached hydrogens (primary N) is 1. The number of hydrogen-bond donors (Lipinski definition) is 2. The van der Waals surface area contributed by atoms with Gasteiger partial charge in [0.25, 0.3) is 0 Å². The van der Waals surface area contributed by atoms with E-state index in [9.17, 15) is 0 Å². The first-order valence-electron chi connectivity index (χ1n) is 7.37. The summed E-state index contributed by atoms with van der Waals surface area (Å²) in [5, 5.41) is 3.36. The minimum Gasteiger partial charge on any atom is -0.368 e. The van der Waals surface area contributed by atoms with Crippen LogP contribution < -0.4 is 11.1 Å². The highest BCUT2D eigenvalue weighted by Crippen LogP contribution is 2.14. The van der Waals surface area contributed by atoms with Crippen LogP contribution >= 0.6 is 0 Å². The molecule has 0 radical (unpaired) electrons. The highest BCUT2D eigenvalue weighted by atomic mass is 15.2. The summed E-state index contributed by atoms with van der Waals surface area (Å²) in [5.41, 5.74) is 8.39. The maximum absolute atomic E-state index is 5.66. The number of rotatable bonds is 6. The largest absolute Gasteiger partial charge is 0.368 e. The zero-order chi connectivity index (χ0) is 15.2. The monoisotopic (exact) mass is 285 g/mol. The van der Waals surface area contributed by atoms with Gasteiger partial charge in [-0.1, -0.05) is 31.2 Å². The fourth-order valence-corrected chi connectivity index (χ4v) is 2.35. The van der Waals surface area contributed by atoms with Gasteiger partial charge in [-0.25, -0.2) is 0 Å². The second-order valence-electron chi connectivity index (χ2n) is 5.28. The van der Waals surface area contributed by atoms with Gasteiger partial charge in [-0.3, -0.25) is 0 Å². The van der Waals surface area contributed by atoms with Gasteiger partial charge in [-0.2, -0.15) is 15.0 Å². The van der Waals surface area contributed by atoms with Crippen LogP contribution in [0.15, 0.2) is 24.3 Å². The van der Waals surface area contributed by atoms with Crippen molar-refractivity contribution in [1.82, 2.24) is 15.0 Å². The molecule has 0 saturated carbocycles. The van der Waals surface area contributed by atoms with E-state index in [0.29, 0.717) is 17.8 Å².